The van der Waals surface area contributed by atoms with E-state index >= 15 is 0 Å². The van der Waals surface area contributed by atoms with Gasteiger partial charge >= 0.3 is 0 Å². The van der Waals surface area contributed by atoms with Crippen LogP contribution in [0.1, 0.15) is 19.4 Å². The molecule has 1 atom stereocenters. The minimum absolute atomic E-state index is 0.167. The molecule has 5 heteroatoms. The zero-order valence-electron chi connectivity index (χ0n) is 12.3. The highest BCUT2D eigenvalue weighted by molar-refractivity contribution is 5.42. The highest BCUT2D eigenvalue weighted by Crippen LogP contribution is 2.28. The van der Waals surface area contributed by atoms with Crippen molar-refractivity contribution in [3.8, 4) is 11.5 Å². The second-order valence-electron chi connectivity index (χ2n) is 5.37. The largest absolute Gasteiger partial charge is 0.504 e. The van der Waals surface area contributed by atoms with Crippen LogP contribution in [0, 0.1) is 0 Å². The monoisotopic (exact) mass is 280 g/mol. The summed E-state index contributed by atoms with van der Waals surface area (Å²) in [5.41, 5.74) is 7.08. The fourth-order valence-electron chi connectivity index (χ4n) is 2.54. The lowest BCUT2D eigenvalue weighted by atomic mass is 9.99. The summed E-state index contributed by atoms with van der Waals surface area (Å²) in [6.45, 7) is 7.62. The van der Waals surface area contributed by atoms with E-state index in [0.29, 0.717) is 18.8 Å². The molecule has 1 heterocycles. The molecule has 0 bridgehead atoms. The number of phenolic OH excluding ortho intramolecular Hbond substituents is 1. The second kappa shape index (κ2) is 6.43. The first-order valence-electron chi connectivity index (χ1n) is 7.09. The van der Waals surface area contributed by atoms with E-state index in [1.807, 2.05) is 26.0 Å². The van der Waals surface area contributed by atoms with Gasteiger partial charge in [-0.3, -0.25) is 4.90 Å². The fraction of sp³-hybridized carbons (Fsp3) is 0.600. The van der Waals surface area contributed by atoms with Crippen LogP contribution in [0.15, 0.2) is 18.2 Å². The Labute approximate surface area is 120 Å². The molecule has 2 rings (SSSR count). The first-order chi connectivity index (χ1) is 9.53. The van der Waals surface area contributed by atoms with Crippen molar-refractivity contribution >= 4 is 0 Å². The first-order valence-corrected chi connectivity index (χ1v) is 7.09. The van der Waals surface area contributed by atoms with E-state index in [-0.39, 0.29) is 5.75 Å². The van der Waals surface area contributed by atoms with Crippen LogP contribution >= 0.6 is 0 Å². The predicted octanol–water partition coefficient (Wildman–Crippen LogP) is 1.34. The van der Waals surface area contributed by atoms with Gasteiger partial charge in [0.2, 0.25) is 0 Å². The first kappa shape index (κ1) is 15.1. The van der Waals surface area contributed by atoms with Crippen LogP contribution in [-0.2, 0) is 11.2 Å². The van der Waals surface area contributed by atoms with E-state index in [4.69, 9.17) is 15.2 Å². The van der Waals surface area contributed by atoms with Crippen LogP contribution < -0.4 is 10.5 Å². The van der Waals surface area contributed by atoms with E-state index in [9.17, 15) is 5.11 Å². The van der Waals surface area contributed by atoms with Gasteiger partial charge in [-0.25, -0.2) is 0 Å². The van der Waals surface area contributed by atoms with Crippen molar-refractivity contribution in [1.82, 2.24) is 4.90 Å². The Morgan fingerprint density at radius 3 is 2.75 bits per heavy atom. The van der Waals surface area contributed by atoms with Gasteiger partial charge in [-0.2, -0.15) is 0 Å². The number of morpholine rings is 1. The van der Waals surface area contributed by atoms with E-state index in [0.717, 1.165) is 31.9 Å². The number of nitrogens with zero attached hydrogens (tertiary/aromatic N) is 1. The zero-order valence-corrected chi connectivity index (χ0v) is 12.3. The highest BCUT2D eigenvalue weighted by Gasteiger charge is 2.29. The minimum atomic E-state index is -0.426. The summed E-state index contributed by atoms with van der Waals surface area (Å²) in [7, 11) is 0. The molecule has 5 nitrogen and oxygen atoms in total. The maximum Gasteiger partial charge on any atom is 0.161 e. The molecular formula is C15H24N2O3. The smallest absolute Gasteiger partial charge is 0.161 e. The van der Waals surface area contributed by atoms with Gasteiger partial charge in [0.25, 0.3) is 0 Å². The lowest BCUT2D eigenvalue weighted by Crippen LogP contribution is -2.58. The Balaban J connectivity index is 2.09. The maximum absolute atomic E-state index is 9.73. The molecule has 1 aliphatic rings. The molecule has 0 saturated carbocycles. The average Bonchev–Trinajstić information content (AvgIpc) is 2.43. The van der Waals surface area contributed by atoms with E-state index in [2.05, 4.69) is 4.90 Å². The van der Waals surface area contributed by atoms with E-state index in [1.165, 1.54) is 0 Å². The summed E-state index contributed by atoms with van der Waals surface area (Å²) in [5, 5.41) is 9.73. The van der Waals surface area contributed by atoms with Crippen molar-refractivity contribution in [3.05, 3.63) is 23.8 Å². The van der Waals surface area contributed by atoms with Crippen molar-refractivity contribution < 1.29 is 14.6 Å². The summed E-state index contributed by atoms with van der Waals surface area (Å²) in [6, 6.07) is 5.42. The molecular weight excluding hydrogens is 256 g/mol. The third-order valence-corrected chi connectivity index (χ3v) is 3.62. The third kappa shape index (κ3) is 3.62. The number of phenols is 1. The molecule has 1 aromatic rings. The molecule has 1 aromatic carbocycles. The van der Waals surface area contributed by atoms with Gasteiger partial charge in [0.15, 0.2) is 11.5 Å². The Hall–Kier alpha value is -1.30. The number of rotatable bonds is 5. The molecule has 1 saturated heterocycles. The molecule has 0 amide bonds. The van der Waals surface area contributed by atoms with Crippen molar-refractivity contribution in [2.24, 2.45) is 5.73 Å². The van der Waals surface area contributed by atoms with E-state index in [1.54, 1.807) is 6.07 Å². The van der Waals surface area contributed by atoms with Gasteiger partial charge in [-0.05, 0) is 31.5 Å². The third-order valence-electron chi connectivity index (χ3n) is 3.62. The van der Waals surface area contributed by atoms with Gasteiger partial charge in [0.1, 0.15) is 0 Å². The van der Waals surface area contributed by atoms with Gasteiger partial charge < -0.3 is 20.3 Å². The predicted molar refractivity (Wildman–Crippen MR) is 78.0 cm³/mol. The normalized spacial score (nSPS) is 19.6. The molecule has 0 radical (unpaired) electrons. The van der Waals surface area contributed by atoms with Crippen molar-refractivity contribution in [1.29, 1.82) is 0 Å². The maximum atomic E-state index is 9.73. The molecule has 1 unspecified atom stereocenters. The van der Waals surface area contributed by atoms with Gasteiger partial charge in [-0.1, -0.05) is 6.07 Å². The average molecular weight is 280 g/mol. The van der Waals surface area contributed by atoms with Crippen molar-refractivity contribution in [3.63, 3.8) is 0 Å². The number of aromatic hydroxyl groups is 1. The van der Waals surface area contributed by atoms with Gasteiger partial charge in [0, 0.05) is 19.5 Å². The molecule has 112 valence electrons. The van der Waals surface area contributed by atoms with Crippen LogP contribution in [0.5, 0.6) is 11.5 Å². The standard InChI is InChI=1S/C15H24N2O3/c1-3-20-14-10-12(4-5-13(14)18)11-15(2,16)17-6-8-19-9-7-17/h4-5,10,18H,3,6-9,11,16H2,1-2H3. The lowest BCUT2D eigenvalue weighted by molar-refractivity contribution is -0.0142. The summed E-state index contributed by atoms with van der Waals surface area (Å²) < 4.78 is 10.8. The Kier molecular flexibility index (Phi) is 4.86. The second-order valence-corrected chi connectivity index (χ2v) is 5.37. The molecule has 3 N–H and O–H groups in total. The Morgan fingerprint density at radius 1 is 1.40 bits per heavy atom. The van der Waals surface area contributed by atoms with Gasteiger partial charge in [-0.15, -0.1) is 0 Å². The van der Waals surface area contributed by atoms with Crippen LogP contribution in [0.4, 0.5) is 0 Å². The Bertz CT molecular complexity index is 443. The zero-order chi connectivity index (χ0) is 14.6. The summed E-state index contributed by atoms with van der Waals surface area (Å²) in [5.74, 6) is 0.684. The number of benzene rings is 1. The van der Waals surface area contributed by atoms with Crippen LogP contribution in [0.3, 0.4) is 0 Å². The molecule has 1 aliphatic heterocycles. The summed E-state index contributed by atoms with van der Waals surface area (Å²) in [6.07, 6.45) is 0.702. The number of nitrogens with two attached hydrogens (primary N) is 1. The number of ether oxygens (including phenoxy) is 2. The molecule has 20 heavy (non-hydrogen) atoms. The Morgan fingerprint density at radius 2 is 2.10 bits per heavy atom. The molecule has 1 fully saturated rings. The number of hydrogen-bond donors (Lipinski definition) is 2. The molecule has 0 spiro atoms. The highest BCUT2D eigenvalue weighted by atomic mass is 16.5. The van der Waals surface area contributed by atoms with Gasteiger partial charge in [0.05, 0.1) is 25.5 Å². The topological polar surface area (TPSA) is 68.0 Å². The number of hydrogen-bond acceptors (Lipinski definition) is 5. The van der Waals surface area contributed by atoms with Crippen molar-refractivity contribution in [2.45, 2.75) is 25.9 Å². The molecule has 0 aliphatic carbocycles. The quantitative estimate of drug-likeness (QED) is 0.852. The minimum Gasteiger partial charge on any atom is -0.504 e. The fourth-order valence-corrected chi connectivity index (χ4v) is 2.54. The van der Waals surface area contributed by atoms with Crippen LogP contribution in [-0.4, -0.2) is 48.6 Å². The molecule has 0 aromatic heterocycles. The summed E-state index contributed by atoms with van der Waals surface area (Å²) >= 11 is 0. The summed E-state index contributed by atoms with van der Waals surface area (Å²) in [4.78, 5) is 2.24. The van der Waals surface area contributed by atoms with E-state index < -0.39 is 5.66 Å². The lowest BCUT2D eigenvalue weighted by Gasteiger charge is -2.40. The SMILES string of the molecule is CCOc1cc(CC(C)(N)N2CCOCC2)ccc1O. The van der Waals surface area contributed by atoms with Crippen LogP contribution in [0.25, 0.3) is 0 Å². The van der Waals surface area contributed by atoms with Crippen LogP contribution in [0.2, 0.25) is 0 Å². The van der Waals surface area contributed by atoms with Crippen molar-refractivity contribution in [2.75, 3.05) is 32.9 Å².